The van der Waals surface area contributed by atoms with Crippen molar-refractivity contribution in [1.82, 2.24) is 10.2 Å². The lowest BCUT2D eigenvalue weighted by Crippen LogP contribution is -2.07. The molecule has 0 saturated carbocycles. The van der Waals surface area contributed by atoms with Gasteiger partial charge < -0.3 is 13.9 Å². The van der Waals surface area contributed by atoms with Crippen molar-refractivity contribution in [1.29, 1.82) is 0 Å². The first-order valence-electron chi connectivity index (χ1n) is 8.72. The van der Waals surface area contributed by atoms with Gasteiger partial charge in [-0.05, 0) is 30.0 Å². The monoisotopic (exact) mass is 430 g/mol. The maximum Gasteiger partial charge on any atom is 0.276 e. The van der Waals surface area contributed by atoms with Gasteiger partial charge in [-0.1, -0.05) is 23.4 Å². The fraction of sp³-hybridized carbons (Fsp3) is 0.529. The van der Waals surface area contributed by atoms with Crippen molar-refractivity contribution in [2.75, 3.05) is 24.7 Å². The molecule has 10 heteroatoms. The fourth-order valence-corrected chi connectivity index (χ4v) is 6.03. The van der Waals surface area contributed by atoms with Crippen molar-refractivity contribution < 1.29 is 22.3 Å². The van der Waals surface area contributed by atoms with Crippen LogP contribution in [0, 0.1) is 5.92 Å². The van der Waals surface area contributed by atoms with E-state index < -0.39 is 9.84 Å². The summed E-state index contributed by atoms with van der Waals surface area (Å²) in [6.07, 6.45) is 1.98. The van der Waals surface area contributed by atoms with Gasteiger partial charge in [0.1, 0.15) is 0 Å². The number of sulfone groups is 1. The minimum atomic E-state index is -2.90. The van der Waals surface area contributed by atoms with Crippen molar-refractivity contribution in [3.63, 3.8) is 0 Å². The molecule has 3 heterocycles. The minimum Gasteiger partial charge on any atom is -0.489 e. The second-order valence-electron chi connectivity index (χ2n) is 6.68. The molecule has 27 heavy (non-hydrogen) atoms. The molecule has 2 aromatic rings. The summed E-state index contributed by atoms with van der Waals surface area (Å²) >= 11 is 7.71. The van der Waals surface area contributed by atoms with Crippen LogP contribution in [0.4, 0.5) is 0 Å². The van der Waals surface area contributed by atoms with Crippen molar-refractivity contribution >= 4 is 33.2 Å². The van der Waals surface area contributed by atoms with Crippen LogP contribution in [0.15, 0.2) is 21.8 Å². The van der Waals surface area contributed by atoms with E-state index in [2.05, 4.69) is 10.2 Å². The molecule has 0 amide bonds. The van der Waals surface area contributed by atoms with E-state index in [-0.39, 0.29) is 17.4 Å². The first kappa shape index (κ1) is 18.9. The number of rotatable bonds is 5. The molecule has 4 rings (SSSR count). The number of aromatic nitrogens is 2. The van der Waals surface area contributed by atoms with Crippen molar-refractivity contribution in [3.8, 4) is 11.5 Å². The number of hydrogen-bond donors (Lipinski definition) is 0. The molecule has 0 N–H and O–H groups in total. The molecule has 0 unspecified atom stereocenters. The molecule has 1 fully saturated rings. The lowest BCUT2D eigenvalue weighted by molar-refractivity contribution is 0.297. The molecule has 0 spiro atoms. The average molecular weight is 431 g/mol. The highest BCUT2D eigenvalue weighted by Crippen LogP contribution is 2.39. The molecule has 0 aliphatic carbocycles. The molecular weight excluding hydrogens is 412 g/mol. The maximum atomic E-state index is 11.5. The Labute approximate surface area is 166 Å². The minimum absolute atomic E-state index is 0.0637. The van der Waals surface area contributed by atoms with Crippen LogP contribution in [-0.4, -0.2) is 43.3 Å². The Morgan fingerprint density at radius 2 is 2.07 bits per heavy atom. The quantitative estimate of drug-likeness (QED) is 0.668. The van der Waals surface area contributed by atoms with Crippen LogP contribution in [0.3, 0.4) is 0 Å². The van der Waals surface area contributed by atoms with E-state index in [0.717, 1.165) is 12.0 Å². The second-order valence-corrected chi connectivity index (χ2v) is 10.2. The van der Waals surface area contributed by atoms with Crippen LogP contribution in [-0.2, 0) is 22.0 Å². The van der Waals surface area contributed by atoms with Gasteiger partial charge in [-0.2, -0.15) is 0 Å². The zero-order valence-electron chi connectivity index (χ0n) is 14.5. The Morgan fingerprint density at radius 3 is 2.89 bits per heavy atom. The zero-order chi connectivity index (χ0) is 18.9. The van der Waals surface area contributed by atoms with E-state index in [9.17, 15) is 8.42 Å². The number of hydrogen-bond acceptors (Lipinski definition) is 8. The molecule has 1 aromatic heterocycles. The second kappa shape index (κ2) is 7.89. The van der Waals surface area contributed by atoms with Gasteiger partial charge in [0.2, 0.25) is 5.89 Å². The SMILES string of the molecule is O=S1(=O)CC[C@H](Cc2nnc(SCc3cc(Cl)c4c(c3)OCCCO4)o2)C1. The Bertz CT molecular complexity index is 931. The summed E-state index contributed by atoms with van der Waals surface area (Å²) < 4.78 is 40.1. The summed E-state index contributed by atoms with van der Waals surface area (Å²) in [4.78, 5) is 0. The van der Waals surface area contributed by atoms with Gasteiger partial charge in [0, 0.05) is 18.6 Å². The average Bonchev–Trinajstić information content (AvgIpc) is 3.11. The van der Waals surface area contributed by atoms with E-state index in [0.29, 0.717) is 59.4 Å². The summed E-state index contributed by atoms with van der Waals surface area (Å²) in [5.74, 6) is 2.84. The van der Waals surface area contributed by atoms with Gasteiger partial charge in [0.05, 0.1) is 29.7 Å². The smallest absolute Gasteiger partial charge is 0.276 e. The normalized spacial score (nSPS) is 21.1. The fourth-order valence-electron chi connectivity index (χ4n) is 3.17. The largest absolute Gasteiger partial charge is 0.489 e. The van der Waals surface area contributed by atoms with Gasteiger partial charge in [-0.3, -0.25) is 0 Å². The maximum absolute atomic E-state index is 11.5. The van der Waals surface area contributed by atoms with Gasteiger partial charge in [-0.15, -0.1) is 10.2 Å². The third kappa shape index (κ3) is 4.70. The van der Waals surface area contributed by atoms with Crippen LogP contribution < -0.4 is 9.47 Å². The van der Waals surface area contributed by atoms with Crippen molar-refractivity contribution in [2.24, 2.45) is 5.92 Å². The lowest BCUT2D eigenvalue weighted by Gasteiger charge is -2.11. The molecule has 1 saturated heterocycles. The Hall–Kier alpha value is -1.45. The summed E-state index contributed by atoms with van der Waals surface area (Å²) in [6.45, 7) is 1.19. The molecule has 0 bridgehead atoms. The van der Waals surface area contributed by atoms with Crippen molar-refractivity contribution in [2.45, 2.75) is 30.2 Å². The van der Waals surface area contributed by atoms with Gasteiger partial charge in [0.25, 0.3) is 5.22 Å². The first-order valence-corrected chi connectivity index (χ1v) is 11.9. The highest BCUT2D eigenvalue weighted by molar-refractivity contribution is 7.98. The highest BCUT2D eigenvalue weighted by Gasteiger charge is 2.29. The summed E-state index contributed by atoms with van der Waals surface area (Å²) in [5, 5.41) is 9.06. The number of benzene rings is 1. The van der Waals surface area contributed by atoms with Crippen LogP contribution >= 0.6 is 23.4 Å². The van der Waals surface area contributed by atoms with Crippen molar-refractivity contribution in [3.05, 3.63) is 28.6 Å². The Kier molecular flexibility index (Phi) is 5.52. The molecular formula is C17H19ClN2O5S2. The molecule has 0 radical (unpaired) electrons. The molecule has 2 aliphatic heterocycles. The first-order chi connectivity index (χ1) is 13.0. The number of thioether (sulfide) groups is 1. The summed E-state index contributed by atoms with van der Waals surface area (Å²) in [5.41, 5.74) is 0.968. The van der Waals surface area contributed by atoms with Crippen LogP contribution in [0.5, 0.6) is 11.5 Å². The molecule has 2 aliphatic rings. The van der Waals surface area contributed by atoms with Crippen LogP contribution in [0.25, 0.3) is 0 Å². The third-order valence-electron chi connectivity index (χ3n) is 4.46. The van der Waals surface area contributed by atoms with Crippen LogP contribution in [0.2, 0.25) is 5.02 Å². The predicted octanol–water partition coefficient (Wildman–Crippen LogP) is 3.15. The van der Waals surface area contributed by atoms with E-state index in [1.165, 1.54) is 11.8 Å². The predicted molar refractivity (Wildman–Crippen MR) is 101 cm³/mol. The number of nitrogens with zero attached hydrogens (tertiary/aromatic N) is 2. The highest BCUT2D eigenvalue weighted by atomic mass is 35.5. The summed E-state index contributed by atoms with van der Waals surface area (Å²) in [6, 6.07) is 3.77. The molecule has 146 valence electrons. The Balaban J connectivity index is 1.37. The lowest BCUT2D eigenvalue weighted by atomic mass is 10.1. The van der Waals surface area contributed by atoms with E-state index in [4.69, 9.17) is 25.5 Å². The third-order valence-corrected chi connectivity index (χ3v) is 7.47. The van der Waals surface area contributed by atoms with E-state index in [1.807, 2.05) is 12.1 Å². The van der Waals surface area contributed by atoms with Gasteiger partial charge >= 0.3 is 0 Å². The molecule has 1 atom stereocenters. The molecule has 7 nitrogen and oxygen atoms in total. The Morgan fingerprint density at radius 1 is 1.22 bits per heavy atom. The van der Waals surface area contributed by atoms with Gasteiger partial charge in [-0.25, -0.2) is 8.42 Å². The number of halogens is 1. The number of ether oxygens (including phenoxy) is 2. The molecule has 1 aromatic carbocycles. The van der Waals surface area contributed by atoms with E-state index in [1.54, 1.807) is 0 Å². The standard InChI is InChI=1S/C17H19ClN2O5S2/c18-13-6-12(7-14-16(13)24-4-1-3-23-14)9-26-17-20-19-15(25-17)8-11-2-5-27(21,22)10-11/h6-7,11H,1-5,8-10H2/t11-/m1/s1. The zero-order valence-corrected chi connectivity index (χ0v) is 16.9. The number of fused-ring (bicyclic) bond motifs is 1. The van der Waals surface area contributed by atoms with Gasteiger partial charge in [0.15, 0.2) is 21.3 Å². The van der Waals surface area contributed by atoms with E-state index >= 15 is 0 Å². The summed E-state index contributed by atoms with van der Waals surface area (Å²) in [7, 11) is -2.90. The van der Waals surface area contributed by atoms with Crippen LogP contribution in [0.1, 0.15) is 24.3 Å². The topological polar surface area (TPSA) is 91.5 Å².